The number of nitrogens with zero attached hydrogens (tertiary/aromatic N) is 1. The fourth-order valence-electron chi connectivity index (χ4n) is 2.36. The number of rotatable bonds is 4. The van der Waals surface area contributed by atoms with E-state index in [1.165, 1.54) is 0 Å². The number of carbonyl (C=O) groups excluding carboxylic acids is 1. The third kappa shape index (κ3) is 3.35. The van der Waals surface area contributed by atoms with Gasteiger partial charge in [-0.25, -0.2) is 4.98 Å². The van der Waals surface area contributed by atoms with Gasteiger partial charge in [0, 0.05) is 17.5 Å². The minimum atomic E-state index is -0.178. The van der Waals surface area contributed by atoms with Gasteiger partial charge in [-0.2, -0.15) is 0 Å². The summed E-state index contributed by atoms with van der Waals surface area (Å²) in [6.45, 7) is 0.384. The molecule has 0 aliphatic heterocycles. The fourth-order valence-corrected chi connectivity index (χ4v) is 2.81. The smallest absolute Gasteiger partial charge is 0.255 e. The number of hydrogen-bond acceptors (Lipinski definition) is 3. The Kier molecular flexibility index (Phi) is 4.57. The summed E-state index contributed by atoms with van der Waals surface area (Å²) < 4.78 is 5.95. The highest BCUT2D eigenvalue weighted by atomic mass is 79.9. The summed E-state index contributed by atoms with van der Waals surface area (Å²) in [5.41, 5.74) is 2.35. The standard InChI is InChI=1S/C18H15BrN2O2/c1-23-16-9-5-3-7-14(16)18(22)20-11-13-10-12-6-2-4-8-15(12)21-17(13)19/h2-10H,11H2,1H3,(H,20,22). The second-order valence-electron chi connectivity index (χ2n) is 5.01. The zero-order valence-electron chi connectivity index (χ0n) is 12.5. The topological polar surface area (TPSA) is 51.2 Å². The Labute approximate surface area is 142 Å². The van der Waals surface area contributed by atoms with E-state index in [1.807, 2.05) is 42.5 Å². The van der Waals surface area contributed by atoms with Gasteiger partial charge in [-0.15, -0.1) is 0 Å². The molecule has 1 amide bonds. The summed E-state index contributed by atoms with van der Waals surface area (Å²) in [4.78, 5) is 16.8. The average molecular weight is 371 g/mol. The maximum atomic E-state index is 12.3. The largest absolute Gasteiger partial charge is 0.496 e. The number of hydrogen-bond donors (Lipinski definition) is 1. The number of ether oxygens (including phenoxy) is 1. The summed E-state index contributed by atoms with van der Waals surface area (Å²) in [6, 6.07) is 17.0. The molecule has 0 saturated carbocycles. The van der Waals surface area contributed by atoms with E-state index in [2.05, 4.69) is 26.2 Å². The zero-order chi connectivity index (χ0) is 16.2. The third-order valence-electron chi connectivity index (χ3n) is 3.54. The van der Waals surface area contributed by atoms with Crippen molar-refractivity contribution in [2.24, 2.45) is 0 Å². The van der Waals surface area contributed by atoms with E-state index in [0.29, 0.717) is 17.9 Å². The first-order chi connectivity index (χ1) is 11.2. The summed E-state index contributed by atoms with van der Waals surface area (Å²) >= 11 is 3.46. The highest BCUT2D eigenvalue weighted by Gasteiger charge is 2.12. The van der Waals surface area contributed by atoms with Crippen LogP contribution in [0, 0.1) is 0 Å². The molecule has 3 rings (SSSR count). The lowest BCUT2D eigenvalue weighted by molar-refractivity contribution is 0.0948. The zero-order valence-corrected chi connectivity index (χ0v) is 14.1. The molecule has 5 heteroatoms. The van der Waals surface area contributed by atoms with Crippen molar-refractivity contribution in [2.75, 3.05) is 7.11 Å². The number of fused-ring (bicyclic) bond motifs is 1. The summed E-state index contributed by atoms with van der Waals surface area (Å²) in [5, 5.41) is 3.95. The molecule has 4 nitrogen and oxygen atoms in total. The first kappa shape index (κ1) is 15.5. The van der Waals surface area contributed by atoms with Gasteiger partial charge < -0.3 is 10.1 Å². The Balaban J connectivity index is 1.80. The van der Waals surface area contributed by atoms with Crippen molar-refractivity contribution in [3.8, 4) is 5.75 Å². The van der Waals surface area contributed by atoms with Crippen LogP contribution in [-0.4, -0.2) is 18.0 Å². The predicted octanol–water partition coefficient (Wildman–Crippen LogP) is 3.94. The molecular formula is C18H15BrN2O2. The number of pyridine rings is 1. The normalized spacial score (nSPS) is 10.5. The Morgan fingerprint density at radius 3 is 2.74 bits per heavy atom. The highest BCUT2D eigenvalue weighted by molar-refractivity contribution is 9.10. The lowest BCUT2D eigenvalue weighted by Gasteiger charge is -2.10. The molecule has 0 atom stereocenters. The van der Waals surface area contributed by atoms with E-state index in [0.717, 1.165) is 21.1 Å². The van der Waals surface area contributed by atoms with Gasteiger partial charge in [-0.05, 0) is 40.2 Å². The van der Waals surface area contributed by atoms with Gasteiger partial charge in [0.15, 0.2) is 0 Å². The maximum absolute atomic E-state index is 12.3. The van der Waals surface area contributed by atoms with Crippen LogP contribution < -0.4 is 10.1 Å². The molecule has 2 aromatic carbocycles. The quantitative estimate of drug-likeness (QED) is 0.707. The second kappa shape index (κ2) is 6.79. The SMILES string of the molecule is COc1ccccc1C(=O)NCc1cc2ccccc2nc1Br. The lowest BCUT2D eigenvalue weighted by Crippen LogP contribution is -2.23. The van der Waals surface area contributed by atoms with E-state index in [9.17, 15) is 4.79 Å². The van der Waals surface area contributed by atoms with Gasteiger partial charge in [-0.1, -0.05) is 30.3 Å². The first-order valence-electron chi connectivity index (χ1n) is 7.14. The van der Waals surface area contributed by atoms with Gasteiger partial charge in [0.25, 0.3) is 5.91 Å². The lowest BCUT2D eigenvalue weighted by atomic mass is 10.1. The van der Waals surface area contributed by atoms with Crippen LogP contribution >= 0.6 is 15.9 Å². The Morgan fingerprint density at radius 1 is 1.17 bits per heavy atom. The van der Waals surface area contributed by atoms with Gasteiger partial charge in [0.1, 0.15) is 10.4 Å². The summed E-state index contributed by atoms with van der Waals surface area (Å²) in [5.74, 6) is 0.378. The van der Waals surface area contributed by atoms with Gasteiger partial charge in [0.05, 0.1) is 18.2 Å². The molecule has 3 aromatic rings. The van der Waals surface area contributed by atoms with Crippen LogP contribution in [0.15, 0.2) is 59.2 Å². The molecule has 0 bridgehead atoms. The Bertz CT molecular complexity index is 865. The Hall–Kier alpha value is -2.40. The van der Waals surface area contributed by atoms with Crippen LogP contribution in [0.1, 0.15) is 15.9 Å². The average Bonchev–Trinajstić information content (AvgIpc) is 2.59. The second-order valence-corrected chi connectivity index (χ2v) is 5.77. The van der Waals surface area contributed by atoms with Crippen molar-refractivity contribution < 1.29 is 9.53 Å². The molecule has 23 heavy (non-hydrogen) atoms. The number of methoxy groups -OCH3 is 1. The van der Waals surface area contributed by atoms with Gasteiger partial charge in [-0.3, -0.25) is 4.79 Å². The molecule has 1 aromatic heterocycles. The minimum absolute atomic E-state index is 0.178. The van der Waals surface area contributed by atoms with Crippen LogP contribution in [0.25, 0.3) is 10.9 Å². The van der Waals surface area contributed by atoms with Crippen molar-refractivity contribution in [1.82, 2.24) is 10.3 Å². The van der Waals surface area contributed by atoms with E-state index in [1.54, 1.807) is 19.2 Å². The van der Waals surface area contributed by atoms with Gasteiger partial charge >= 0.3 is 0 Å². The Morgan fingerprint density at radius 2 is 1.91 bits per heavy atom. The predicted molar refractivity (Wildman–Crippen MR) is 93.6 cm³/mol. The molecule has 1 heterocycles. The van der Waals surface area contributed by atoms with Crippen molar-refractivity contribution >= 4 is 32.7 Å². The number of benzene rings is 2. The van der Waals surface area contributed by atoms with Crippen molar-refractivity contribution in [1.29, 1.82) is 0 Å². The van der Waals surface area contributed by atoms with Crippen molar-refractivity contribution in [3.63, 3.8) is 0 Å². The minimum Gasteiger partial charge on any atom is -0.496 e. The number of carbonyl (C=O) groups is 1. The number of halogens is 1. The fraction of sp³-hybridized carbons (Fsp3) is 0.111. The monoisotopic (exact) mass is 370 g/mol. The van der Waals surface area contributed by atoms with Crippen molar-refractivity contribution in [3.05, 3.63) is 70.3 Å². The van der Waals surface area contributed by atoms with Crippen molar-refractivity contribution in [2.45, 2.75) is 6.54 Å². The van der Waals surface area contributed by atoms with Crippen LogP contribution in [-0.2, 0) is 6.54 Å². The molecule has 0 fully saturated rings. The number of nitrogens with one attached hydrogen (secondary N) is 1. The molecule has 0 saturated heterocycles. The first-order valence-corrected chi connectivity index (χ1v) is 7.93. The number of aromatic nitrogens is 1. The highest BCUT2D eigenvalue weighted by Crippen LogP contribution is 2.21. The van der Waals surface area contributed by atoms with Crippen LogP contribution in [0.4, 0.5) is 0 Å². The maximum Gasteiger partial charge on any atom is 0.255 e. The molecular weight excluding hydrogens is 356 g/mol. The molecule has 0 radical (unpaired) electrons. The van der Waals surface area contributed by atoms with E-state index in [4.69, 9.17) is 4.74 Å². The molecule has 0 spiro atoms. The van der Waals surface area contributed by atoms with Crippen LogP contribution in [0.2, 0.25) is 0 Å². The molecule has 0 aliphatic rings. The molecule has 116 valence electrons. The number of amides is 1. The summed E-state index contributed by atoms with van der Waals surface area (Å²) in [6.07, 6.45) is 0. The summed E-state index contributed by atoms with van der Waals surface area (Å²) in [7, 11) is 1.55. The third-order valence-corrected chi connectivity index (χ3v) is 4.23. The molecule has 0 aliphatic carbocycles. The van der Waals surface area contributed by atoms with Crippen LogP contribution in [0.5, 0.6) is 5.75 Å². The molecule has 1 N–H and O–H groups in total. The molecule has 0 unspecified atom stereocenters. The van der Waals surface area contributed by atoms with E-state index in [-0.39, 0.29) is 5.91 Å². The van der Waals surface area contributed by atoms with E-state index < -0.39 is 0 Å². The van der Waals surface area contributed by atoms with Gasteiger partial charge in [0.2, 0.25) is 0 Å². The van der Waals surface area contributed by atoms with Crippen LogP contribution in [0.3, 0.4) is 0 Å². The number of para-hydroxylation sites is 2. The van der Waals surface area contributed by atoms with E-state index >= 15 is 0 Å².